The number of aromatic nitrogens is 2. The number of benzene rings is 3. The minimum Gasteiger partial charge on any atom is -0.495 e. The van der Waals surface area contributed by atoms with E-state index in [1.165, 1.54) is 37.4 Å². The Morgan fingerprint density at radius 1 is 1.03 bits per heavy atom. The molecule has 4 aromatic rings. The first kappa shape index (κ1) is 25.7. The van der Waals surface area contributed by atoms with Crippen LogP contribution in [0.2, 0.25) is 5.02 Å². The molecule has 0 bridgehead atoms. The number of methoxy groups -OCH3 is 1. The van der Waals surface area contributed by atoms with Crippen LogP contribution >= 0.6 is 11.6 Å². The lowest BCUT2D eigenvalue weighted by molar-refractivity contribution is -0.137. The molecule has 8 nitrogen and oxygen atoms in total. The zero-order valence-corrected chi connectivity index (χ0v) is 19.9. The average Bonchev–Trinajstić information content (AvgIpc) is 2.87. The third-order valence-corrected chi connectivity index (χ3v) is 5.58. The molecule has 190 valence electrons. The lowest BCUT2D eigenvalue weighted by atomic mass is 10.1. The molecule has 2 N–H and O–H groups in total. The summed E-state index contributed by atoms with van der Waals surface area (Å²) in [6, 6.07) is 14.9. The molecule has 0 aliphatic heterocycles. The molecular weight excluding hydrogens is 513 g/mol. The Morgan fingerprint density at radius 2 is 1.76 bits per heavy atom. The van der Waals surface area contributed by atoms with E-state index in [1.807, 2.05) is 0 Å². The van der Waals surface area contributed by atoms with Crippen molar-refractivity contribution in [1.82, 2.24) is 15.1 Å². The highest BCUT2D eigenvalue weighted by Crippen LogP contribution is 2.30. The van der Waals surface area contributed by atoms with Crippen molar-refractivity contribution in [2.24, 2.45) is 0 Å². The summed E-state index contributed by atoms with van der Waals surface area (Å²) < 4.78 is 44.8. The Morgan fingerprint density at radius 3 is 2.43 bits per heavy atom. The van der Waals surface area contributed by atoms with Gasteiger partial charge in [-0.3, -0.25) is 14.4 Å². The summed E-state index contributed by atoms with van der Waals surface area (Å²) >= 11 is 6.18. The summed E-state index contributed by atoms with van der Waals surface area (Å²) in [7, 11) is 1.44. The fraction of sp³-hybridized carbons (Fsp3) is 0.120. The monoisotopic (exact) mass is 530 g/mol. The van der Waals surface area contributed by atoms with E-state index in [-0.39, 0.29) is 32.9 Å². The maximum atomic E-state index is 13.1. The summed E-state index contributed by atoms with van der Waals surface area (Å²) in [5, 5.41) is 9.56. The van der Waals surface area contributed by atoms with Gasteiger partial charge >= 0.3 is 6.18 Å². The van der Waals surface area contributed by atoms with E-state index in [2.05, 4.69) is 15.7 Å². The first-order chi connectivity index (χ1) is 17.6. The summed E-state index contributed by atoms with van der Waals surface area (Å²) in [5.41, 5.74) is -1.38. The second-order valence-corrected chi connectivity index (χ2v) is 8.15. The highest BCUT2D eigenvalue weighted by Gasteiger charge is 2.30. The van der Waals surface area contributed by atoms with Gasteiger partial charge in [0, 0.05) is 11.1 Å². The quantitative estimate of drug-likeness (QED) is 0.384. The average molecular weight is 531 g/mol. The molecule has 1 aromatic heterocycles. The summed E-state index contributed by atoms with van der Waals surface area (Å²) in [6.45, 7) is -0.557. The minimum atomic E-state index is -4.57. The summed E-state index contributed by atoms with van der Waals surface area (Å²) in [5.74, 6) is -1.15. The van der Waals surface area contributed by atoms with Crippen molar-refractivity contribution in [2.75, 3.05) is 19.0 Å². The number of carbonyl (C=O) groups excluding carboxylic acids is 2. The lowest BCUT2D eigenvalue weighted by Crippen LogP contribution is -2.35. The first-order valence-electron chi connectivity index (χ1n) is 10.7. The Bertz CT molecular complexity index is 1570. The van der Waals surface area contributed by atoms with Crippen LogP contribution in [0.4, 0.5) is 18.9 Å². The number of hydrogen-bond acceptors (Lipinski definition) is 5. The van der Waals surface area contributed by atoms with Crippen molar-refractivity contribution in [2.45, 2.75) is 6.18 Å². The Kier molecular flexibility index (Phi) is 7.16. The fourth-order valence-electron chi connectivity index (χ4n) is 3.54. The van der Waals surface area contributed by atoms with Crippen molar-refractivity contribution in [1.29, 1.82) is 0 Å². The first-order valence-corrected chi connectivity index (χ1v) is 11.1. The van der Waals surface area contributed by atoms with Gasteiger partial charge < -0.3 is 15.4 Å². The van der Waals surface area contributed by atoms with Gasteiger partial charge in [0.25, 0.3) is 11.5 Å². The second-order valence-electron chi connectivity index (χ2n) is 7.74. The van der Waals surface area contributed by atoms with Gasteiger partial charge in [0.1, 0.15) is 5.75 Å². The number of nitrogens with one attached hydrogen (secondary N) is 2. The van der Waals surface area contributed by atoms with Crippen molar-refractivity contribution < 1.29 is 27.5 Å². The number of ether oxygens (including phenoxy) is 1. The maximum Gasteiger partial charge on any atom is 0.416 e. The lowest BCUT2D eigenvalue weighted by Gasteiger charge is -2.13. The largest absolute Gasteiger partial charge is 0.495 e. The molecule has 0 saturated carbocycles. The van der Waals surface area contributed by atoms with Crippen molar-refractivity contribution in [3.63, 3.8) is 0 Å². The number of carbonyl (C=O) groups is 2. The topological polar surface area (TPSA) is 102 Å². The Hall–Kier alpha value is -4.38. The van der Waals surface area contributed by atoms with E-state index in [4.69, 9.17) is 16.3 Å². The van der Waals surface area contributed by atoms with Crippen LogP contribution in [0.15, 0.2) is 71.5 Å². The fourth-order valence-corrected chi connectivity index (χ4v) is 3.79. The molecule has 0 radical (unpaired) electrons. The van der Waals surface area contributed by atoms with Crippen LogP contribution < -0.4 is 20.9 Å². The van der Waals surface area contributed by atoms with E-state index >= 15 is 0 Å². The number of halogens is 4. The van der Waals surface area contributed by atoms with Crippen LogP contribution in [0, 0.1) is 0 Å². The molecule has 2 amide bonds. The molecule has 3 aromatic carbocycles. The zero-order valence-electron chi connectivity index (χ0n) is 19.1. The highest BCUT2D eigenvalue weighted by atomic mass is 35.5. The molecule has 0 saturated heterocycles. The van der Waals surface area contributed by atoms with Crippen molar-refractivity contribution in [3.8, 4) is 11.4 Å². The van der Waals surface area contributed by atoms with Gasteiger partial charge in [0.15, 0.2) is 5.69 Å². The van der Waals surface area contributed by atoms with Crippen LogP contribution in [0.3, 0.4) is 0 Å². The van der Waals surface area contributed by atoms with Crippen LogP contribution in [-0.2, 0) is 11.0 Å². The standard InChI is InChI=1S/C25H18ClF3N4O4/c1-37-20-10-9-16(12-19(20)26)33-24(36)18-8-3-2-7-17(18)22(32-33)23(35)30-13-21(34)31-15-6-4-5-14(11-15)25(27,28)29/h2-12H,13H2,1H3,(H,30,35)(H,31,34). The van der Waals surface area contributed by atoms with Crippen LogP contribution in [0.5, 0.6) is 5.75 Å². The van der Waals surface area contributed by atoms with Gasteiger partial charge in [0.2, 0.25) is 5.91 Å². The summed E-state index contributed by atoms with van der Waals surface area (Å²) in [6.07, 6.45) is -4.57. The molecule has 1 heterocycles. The van der Waals surface area contributed by atoms with E-state index in [0.29, 0.717) is 5.75 Å². The Balaban J connectivity index is 1.60. The maximum absolute atomic E-state index is 13.1. The molecule has 37 heavy (non-hydrogen) atoms. The number of hydrogen-bond donors (Lipinski definition) is 2. The van der Waals surface area contributed by atoms with E-state index < -0.39 is 35.7 Å². The third kappa shape index (κ3) is 5.56. The molecule has 12 heteroatoms. The van der Waals surface area contributed by atoms with Gasteiger partial charge in [-0.15, -0.1) is 0 Å². The van der Waals surface area contributed by atoms with E-state index in [9.17, 15) is 27.6 Å². The van der Waals surface area contributed by atoms with Gasteiger partial charge in [-0.25, -0.2) is 0 Å². The van der Waals surface area contributed by atoms with E-state index in [1.54, 1.807) is 18.2 Å². The van der Waals surface area contributed by atoms with E-state index in [0.717, 1.165) is 22.9 Å². The van der Waals surface area contributed by atoms with Gasteiger partial charge in [-0.1, -0.05) is 35.9 Å². The third-order valence-electron chi connectivity index (χ3n) is 5.28. The van der Waals surface area contributed by atoms with Crippen molar-refractivity contribution >= 4 is 39.9 Å². The van der Waals surface area contributed by atoms with Crippen LogP contribution in [-0.4, -0.2) is 35.2 Å². The zero-order chi connectivity index (χ0) is 26.7. The second kappa shape index (κ2) is 10.3. The number of anilines is 1. The highest BCUT2D eigenvalue weighted by molar-refractivity contribution is 6.32. The number of nitrogens with zero attached hydrogens (tertiary/aromatic N) is 2. The van der Waals surface area contributed by atoms with Crippen LogP contribution in [0.1, 0.15) is 16.1 Å². The summed E-state index contributed by atoms with van der Waals surface area (Å²) in [4.78, 5) is 38.4. The molecule has 0 unspecified atom stereocenters. The Labute approximate surface area is 212 Å². The predicted molar refractivity (Wildman–Crippen MR) is 131 cm³/mol. The minimum absolute atomic E-state index is 0.0809. The SMILES string of the molecule is COc1ccc(-n2nc(C(=O)NCC(=O)Nc3cccc(C(F)(F)F)c3)c3ccccc3c2=O)cc1Cl. The van der Waals surface area contributed by atoms with Gasteiger partial charge in [-0.05, 0) is 42.5 Å². The van der Waals surface area contributed by atoms with Crippen LogP contribution in [0.25, 0.3) is 16.5 Å². The number of alkyl halides is 3. The predicted octanol–water partition coefficient (Wildman–Crippen LogP) is 4.44. The van der Waals surface area contributed by atoms with Crippen molar-refractivity contribution in [3.05, 3.63) is 93.4 Å². The number of rotatable bonds is 6. The molecule has 0 spiro atoms. The molecular formula is C25H18ClF3N4O4. The number of amides is 2. The number of fused-ring (bicyclic) bond motifs is 1. The molecule has 0 aliphatic rings. The smallest absolute Gasteiger partial charge is 0.416 e. The molecule has 0 atom stereocenters. The normalized spacial score (nSPS) is 11.3. The van der Waals surface area contributed by atoms with Gasteiger partial charge in [-0.2, -0.15) is 23.0 Å². The van der Waals surface area contributed by atoms with Gasteiger partial charge in [0.05, 0.1) is 35.3 Å². The molecule has 0 aliphatic carbocycles. The molecule has 0 fully saturated rings. The molecule has 4 rings (SSSR count).